The van der Waals surface area contributed by atoms with Gasteiger partial charge in [0.05, 0.1) is 11.3 Å². The molecule has 0 N–H and O–H groups in total. The second-order valence-electron chi connectivity index (χ2n) is 8.13. The minimum Gasteiger partial charge on any atom is -0.374 e. The second-order valence-corrected chi connectivity index (χ2v) is 8.13. The Morgan fingerprint density at radius 2 is 1.73 bits per heavy atom. The zero-order chi connectivity index (χ0) is 22.2. The van der Waals surface area contributed by atoms with Crippen molar-refractivity contribution in [3.05, 3.63) is 29.8 Å². The molecule has 5 nitrogen and oxygen atoms in total. The first kappa shape index (κ1) is 26.1. The summed E-state index contributed by atoms with van der Waals surface area (Å²) in [6, 6.07) is 10.1. The number of para-hydroxylation sites is 1. The molecule has 0 amide bonds. The second kappa shape index (κ2) is 15.9. The molecular formula is C25H41N3O2. The van der Waals surface area contributed by atoms with E-state index < -0.39 is 0 Å². The quantitative estimate of drug-likeness (QED) is 0.685. The normalized spacial score (nSPS) is 17.1. The third-order valence-corrected chi connectivity index (χ3v) is 5.59. The maximum atomic E-state index is 10.1. The molecule has 1 saturated heterocycles. The highest BCUT2D eigenvalue weighted by Gasteiger charge is 2.17. The molecule has 1 aliphatic carbocycles. The van der Waals surface area contributed by atoms with Crippen LogP contribution in [0.1, 0.15) is 65.4 Å². The Morgan fingerprint density at radius 3 is 2.17 bits per heavy atom. The Labute approximate surface area is 184 Å². The van der Waals surface area contributed by atoms with Gasteiger partial charge in [-0.15, -0.1) is 0 Å². The molecule has 0 unspecified atom stereocenters. The average Bonchev–Trinajstić information content (AvgIpc) is 2.79. The Hall–Kier alpha value is -1.90. The first-order valence-electron chi connectivity index (χ1n) is 11.5. The number of ketones is 1. The number of hydrogen-bond acceptors (Lipinski definition) is 5. The molecule has 168 valence electrons. The average molecular weight is 416 g/mol. The standard InChI is InChI=1S/C13H17N3.C7H14.C5H10O2/c1-2-15-7-9-16(10-8-15)13-6-4-3-5-12(13)11-14;1-7-5-3-2-4-6-7;1-3-7-4-5(2)6/h3-6H,2,7-10H2,1H3;7H,2-6H2,1H3;3-4H2,1-2H3. The van der Waals surface area contributed by atoms with Crippen molar-refractivity contribution < 1.29 is 9.53 Å². The summed E-state index contributed by atoms with van der Waals surface area (Å²) in [7, 11) is 0. The fourth-order valence-corrected chi connectivity index (χ4v) is 3.70. The van der Waals surface area contributed by atoms with Crippen molar-refractivity contribution in [1.82, 2.24) is 4.90 Å². The van der Waals surface area contributed by atoms with Gasteiger partial charge in [-0.25, -0.2) is 0 Å². The molecule has 0 radical (unpaired) electrons. The molecule has 2 aliphatic rings. The predicted molar refractivity (Wildman–Crippen MR) is 125 cm³/mol. The van der Waals surface area contributed by atoms with Gasteiger partial charge in [0.1, 0.15) is 12.7 Å². The Morgan fingerprint density at radius 1 is 1.10 bits per heavy atom. The highest BCUT2D eigenvalue weighted by atomic mass is 16.5. The number of benzene rings is 1. The van der Waals surface area contributed by atoms with Gasteiger partial charge < -0.3 is 14.5 Å². The van der Waals surface area contributed by atoms with Crippen LogP contribution >= 0.6 is 0 Å². The van der Waals surface area contributed by atoms with E-state index in [2.05, 4.69) is 29.7 Å². The molecule has 1 aromatic carbocycles. The van der Waals surface area contributed by atoms with Gasteiger partial charge in [-0.1, -0.05) is 58.1 Å². The number of carbonyl (C=O) groups is 1. The maximum Gasteiger partial charge on any atom is 0.155 e. The van der Waals surface area contributed by atoms with Crippen LogP contribution in [0, 0.1) is 17.2 Å². The summed E-state index contributed by atoms with van der Waals surface area (Å²) in [6.07, 6.45) is 7.44. The maximum absolute atomic E-state index is 10.1. The Balaban J connectivity index is 0.000000267. The zero-order valence-electron chi connectivity index (χ0n) is 19.5. The summed E-state index contributed by atoms with van der Waals surface area (Å²) in [5.41, 5.74) is 1.87. The molecule has 0 bridgehead atoms. The molecule has 1 aliphatic heterocycles. The van der Waals surface area contributed by atoms with E-state index in [-0.39, 0.29) is 12.4 Å². The fraction of sp³-hybridized carbons (Fsp3) is 0.680. The molecule has 0 spiro atoms. The van der Waals surface area contributed by atoms with Gasteiger partial charge in [0.15, 0.2) is 5.78 Å². The predicted octanol–water partition coefficient (Wildman–Crippen LogP) is 4.90. The van der Waals surface area contributed by atoms with Crippen molar-refractivity contribution in [2.45, 2.75) is 59.8 Å². The van der Waals surface area contributed by atoms with Gasteiger partial charge in [0, 0.05) is 32.8 Å². The van der Waals surface area contributed by atoms with Crippen LogP contribution < -0.4 is 4.90 Å². The number of likely N-dealkylation sites (N-methyl/N-ethyl adjacent to an activating group) is 1. The topological polar surface area (TPSA) is 56.6 Å². The summed E-state index contributed by atoms with van der Waals surface area (Å²) in [4.78, 5) is 14.8. The van der Waals surface area contributed by atoms with E-state index in [1.807, 2.05) is 31.2 Å². The molecule has 2 fully saturated rings. The third-order valence-electron chi connectivity index (χ3n) is 5.59. The van der Waals surface area contributed by atoms with Crippen LogP contribution in [0.4, 0.5) is 5.69 Å². The molecule has 0 atom stereocenters. The van der Waals surface area contributed by atoms with Crippen LogP contribution in [0.15, 0.2) is 24.3 Å². The Bertz CT molecular complexity index is 628. The molecule has 5 heteroatoms. The van der Waals surface area contributed by atoms with Crippen LogP contribution in [0.3, 0.4) is 0 Å². The smallest absolute Gasteiger partial charge is 0.155 e. The van der Waals surface area contributed by atoms with Gasteiger partial charge in [-0.3, -0.25) is 4.79 Å². The van der Waals surface area contributed by atoms with E-state index in [4.69, 9.17) is 10.00 Å². The highest BCUT2D eigenvalue weighted by molar-refractivity contribution is 5.76. The van der Waals surface area contributed by atoms with E-state index in [0.717, 1.165) is 49.9 Å². The van der Waals surface area contributed by atoms with Crippen molar-refractivity contribution in [1.29, 1.82) is 5.26 Å². The number of carbonyl (C=O) groups excluding carboxylic acids is 1. The molecule has 30 heavy (non-hydrogen) atoms. The van der Waals surface area contributed by atoms with E-state index >= 15 is 0 Å². The largest absolute Gasteiger partial charge is 0.374 e. The summed E-state index contributed by atoms with van der Waals surface area (Å²) in [6.45, 7) is 14.2. The minimum absolute atomic E-state index is 0.0850. The van der Waals surface area contributed by atoms with E-state index in [9.17, 15) is 4.79 Å². The van der Waals surface area contributed by atoms with Crippen LogP contribution in [0.25, 0.3) is 0 Å². The summed E-state index contributed by atoms with van der Waals surface area (Å²) in [5.74, 6) is 1.12. The van der Waals surface area contributed by atoms with Crippen molar-refractivity contribution in [2.24, 2.45) is 5.92 Å². The van der Waals surface area contributed by atoms with Gasteiger partial charge in [-0.2, -0.15) is 5.26 Å². The lowest BCUT2D eigenvalue weighted by Crippen LogP contribution is -2.46. The third kappa shape index (κ3) is 10.8. The van der Waals surface area contributed by atoms with Crippen LogP contribution in [0.5, 0.6) is 0 Å². The number of ether oxygens (including phenoxy) is 1. The lowest BCUT2D eigenvalue weighted by molar-refractivity contribution is -0.121. The zero-order valence-corrected chi connectivity index (χ0v) is 19.5. The lowest BCUT2D eigenvalue weighted by Gasteiger charge is -2.35. The summed E-state index contributed by atoms with van der Waals surface area (Å²) >= 11 is 0. The first-order chi connectivity index (χ1) is 14.5. The van der Waals surface area contributed by atoms with Crippen LogP contribution in [-0.4, -0.2) is 56.6 Å². The SMILES string of the molecule is CC1CCCCC1.CCN1CCN(c2ccccc2C#N)CC1.CCOCC(C)=O. The van der Waals surface area contributed by atoms with Crippen molar-refractivity contribution in [3.63, 3.8) is 0 Å². The lowest BCUT2D eigenvalue weighted by atomic mass is 9.91. The van der Waals surface area contributed by atoms with Gasteiger partial charge >= 0.3 is 0 Å². The minimum atomic E-state index is 0.0850. The van der Waals surface area contributed by atoms with Crippen molar-refractivity contribution in [3.8, 4) is 6.07 Å². The van der Waals surface area contributed by atoms with E-state index in [1.54, 1.807) is 0 Å². The van der Waals surface area contributed by atoms with Gasteiger partial charge in [-0.05, 0) is 38.4 Å². The summed E-state index contributed by atoms with van der Waals surface area (Å²) < 4.78 is 4.75. The molecule has 1 saturated carbocycles. The molecular weight excluding hydrogens is 374 g/mol. The molecule has 1 heterocycles. The van der Waals surface area contributed by atoms with Crippen molar-refractivity contribution in [2.75, 3.05) is 50.8 Å². The van der Waals surface area contributed by atoms with E-state index in [0.29, 0.717) is 6.61 Å². The number of hydrogen-bond donors (Lipinski definition) is 0. The number of nitriles is 1. The monoisotopic (exact) mass is 415 g/mol. The van der Waals surface area contributed by atoms with E-state index in [1.165, 1.54) is 39.0 Å². The number of rotatable bonds is 5. The first-order valence-corrected chi connectivity index (χ1v) is 11.5. The molecule has 1 aromatic rings. The van der Waals surface area contributed by atoms with Gasteiger partial charge in [0.2, 0.25) is 0 Å². The molecule has 0 aromatic heterocycles. The van der Waals surface area contributed by atoms with Gasteiger partial charge in [0.25, 0.3) is 0 Å². The number of piperazine rings is 1. The Kier molecular flexibility index (Phi) is 13.8. The fourth-order valence-electron chi connectivity index (χ4n) is 3.70. The van der Waals surface area contributed by atoms with Crippen molar-refractivity contribution >= 4 is 11.5 Å². The molecule has 3 rings (SSSR count). The number of Topliss-reactive ketones (excluding diaryl/α,β-unsaturated/α-hetero) is 1. The van der Waals surface area contributed by atoms with Crippen LogP contribution in [0.2, 0.25) is 0 Å². The summed E-state index contributed by atoms with van der Waals surface area (Å²) in [5, 5.41) is 9.06. The number of anilines is 1. The van der Waals surface area contributed by atoms with Crippen LogP contribution in [-0.2, 0) is 9.53 Å². The highest BCUT2D eigenvalue weighted by Crippen LogP contribution is 2.22. The number of nitrogens with zero attached hydrogens (tertiary/aromatic N) is 3.